The average Bonchev–Trinajstić information content (AvgIpc) is 2.81. The fraction of sp³-hybridized carbons (Fsp3) is 0.611. The zero-order chi connectivity index (χ0) is 13.7. The van der Waals surface area contributed by atoms with Gasteiger partial charge in [0.1, 0.15) is 11.5 Å². The third-order valence-corrected chi connectivity index (χ3v) is 5.77. The Labute approximate surface area is 120 Å². The minimum absolute atomic E-state index is 0.498. The van der Waals surface area contributed by atoms with Crippen molar-refractivity contribution in [2.75, 3.05) is 0 Å². The van der Waals surface area contributed by atoms with Crippen molar-refractivity contribution in [2.24, 2.45) is 29.6 Å². The molecule has 0 aromatic carbocycles. The second-order valence-electron chi connectivity index (χ2n) is 7.12. The molecule has 0 radical (unpaired) electrons. The summed E-state index contributed by atoms with van der Waals surface area (Å²) < 4.78 is 5.63. The van der Waals surface area contributed by atoms with Crippen molar-refractivity contribution in [1.82, 2.24) is 0 Å². The number of aryl methyl sites for hydroxylation is 1. The fourth-order valence-corrected chi connectivity index (χ4v) is 5.32. The van der Waals surface area contributed by atoms with E-state index < -0.39 is 0 Å². The van der Waals surface area contributed by atoms with Gasteiger partial charge >= 0.3 is 0 Å². The SMILES string of the molecule is Cc1ccc(/C=C(\C#N)C2C3CC4CC(C3)CC2C4)o1. The van der Waals surface area contributed by atoms with Gasteiger partial charge in [-0.25, -0.2) is 0 Å². The summed E-state index contributed by atoms with van der Waals surface area (Å²) in [5.74, 6) is 5.69. The van der Waals surface area contributed by atoms with Crippen LogP contribution in [0.15, 0.2) is 22.1 Å². The molecule has 4 aliphatic carbocycles. The zero-order valence-electron chi connectivity index (χ0n) is 12.0. The number of furan rings is 1. The van der Waals surface area contributed by atoms with Crippen LogP contribution < -0.4 is 0 Å². The number of hydrogen-bond acceptors (Lipinski definition) is 2. The molecule has 2 heteroatoms. The van der Waals surface area contributed by atoms with Crippen LogP contribution in [-0.4, -0.2) is 0 Å². The van der Waals surface area contributed by atoms with Crippen molar-refractivity contribution >= 4 is 6.08 Å². The van der Waals surface area contributed by atoms with Gasteiger partial charge < -0.3 is 4.42 Å². The van der Waals surface area contributed by atoms with E-state index in [-0.39, 0.29) is 0 Å². The van der Waals surface area contributed by atoms with E-state index in [1.807, 2.05) is 25.1 Å². The molecular formula is C18H21NO. The Kier molecular flexibility index (Phi) is 2.77. The summed E-state index contributed by atoms with van der Waals surface area (Å²) in [6.07, 6.45) is 8.88. The molecule has 20 heavy (non-hydrogen) atoms. The first-order valence-electron chi connectivity index (χ1n) is 7.91. The molecular weight excluding hydrogens is 246 g/mol. The lowest BCUT2D eigenvalue weighted by Gasteiger charge is -2.54. The molecule has 0 amide bonds. The second kappa shape index (κ2) is 4.52. The average molecular weight is 267 g/mol. The Hall–Kier alpha value is -1.49. The van der Waals surface area contributed by atoms with E-state index >= 15 is 0 Å². The van der Waals surface area contributed by atoms with Gasteiger partial charge in [-0.15, -0.1) is 0 Å². The van der Waals surface area contributed by atoms with Crippen LogP contribution in [0.4, 0.5) is 0 Å². The highest BCUT2D eigenvalue weighted by atomic mass is 16.3. The normalized spacial score (nSPS) is 39.0. The molecule has 4 aliphatic rings. The monoisotopic (exact) mass is 267 g/mol. The van der Waals surface area contributed by atoms with E-state index in [9.17, 15) is 5.26 Å². The Balaban J connectivity index is 1.65. The molecule has 0 spiro atoms. The maximum Gasteiger partial charge on any atom is 0.128 e. The largest absolute Gasteiger partial charge is 0.462 e. The molecule has 4 bridgehead atoms. The predicted octanol–water partition coefficient (Wildman–Crippen LogP) is 4.57. The minimum atomic E-state index is 0.498. The molecule has 1 aromatic rings. The van der Waals surface area contributed by atoms with E-state index in [0.29, 0.717) is 5.92 Å². The zero-order valence-corrected chi connectivity index (χ0v) is 12.0. The van der Waals surface area contributed by atoms with Gasteiger partial charge in [-0.3, -0.25) is 0 Å². The number of nitrogens with zero attached hydrogens (tertiary/aromatic N) is 1. The van der Waals surface area contributed by atoms with E-state index in [1.54, 1.807) is 0 Å². The molecule has 4 saturated carbocycles. The van der Waals surface area contributed by atoms with Crippen LogP contribution in [0.1, 0.15) is 43.6 Å². The van der Waals surface area contributed by atoms with Gasteiger partial charge in [-0.05, 0) is 86.8 Å². The third-order valence-electron chi connectivity index (χ3n) is 5.77. The van der Waals surface area contributed by atoms with E-state index in [1.165, 1.54) is 32.1 Å². The summed E-state index contributed by atoms with van der Waals surface area (Å²) in [7, 11) is 0. The molecule has 4 fully saturated rings. The fourth-order valence-electron chi connectivity index (χ4n) is 5.32. The van der Waals surface area contributed by atoms with Crippen molar-refractivity contribution in [3.05, 3.63) is 29.2 Å². The number of allylic oxidation sites excluding steroid dienone is 1. The van der Waals surface area contributed by atoms with Gasteiger partial charge in [0, 0.05) is 5.57 Å². The Morgan fingerprint density at radius 2 is 1.80 bits per heavy atom. The molecule has 0 unspecified atom stereocenters. The van der Waals surface area contributed by atoms with Crippen molar-refractivity contribution < 1.29 is 4.42 Å². The standard InChI is InChI=1S/C18H21NO/c1-11-2-3-17(20-11)9-16(10-19)18-14-5-12-4-13(7-14)8-15(18)6-12/h2-3,9,12-15,18H,4-8H2,1H3/b16-9+. The van der Waals surface area contributed by atoms with E-state index in [4.69, 9.17) is 4.42 Å². The van der Waals surface area contributed by atoms with Crippen LogP contribution in [0.25, 0.3) is 6.08 Å². The highest BCUT2D eigenvalue weighted by Gasteiger charge is 2.49. The molecule has 0 aliphatic heterocycles. The summed E-state index contributed by atoms with van der Waals surface area (Å²) in [5, 5.41) is 9.62. The van der Waals surface area contributed by atoms with E-state index in [0.717, 1.165) is 40.8 Å². The molecule has 104 valence electrons. The minimum Gasteiger partial charge on any atom is -0.462 e. The van der Waals surface area contributed by atoms with Crippen LogP contribution in [0.5, 0.6) is 0 Å². The van der Waals surface area contributed by atoms with Crippen LogP contribution in [0, 0.1) is 47.8 Å². The lowest BCUT2D eigenvalue weighted by Crippen LogP contribution is -2.45. The first-order chi connectivity index (χ1) is 9.72. The van der Waals surface area contributed by atoms with E-state index in [2.05, 4.69) is 6.07 Å². The van der Waals surface area contributed by atoms with Gasteiger partial charge in [-0.2, -0.15) is 5.26 Å². The maximum atomic E-state index is 9.62. The summed E-state index contributed by atoms with van der Waals surface area (Å²) >= 11 is 0. The van der Waals surface area contributed by atoms with Gasteiger partial charge in [0.05, 0.1) is 6.07 Å². The molecule has 5 rings (SSSR count). The quantitative estimate of drug-likeness (QED) is 0.736. The van der Waals surface area contributed by atoms with Crippen LogP contribution in [0.3, 0.4) is 0 Å². The Bertz CT molecular complexity index is 561. The molecule has 1 heterocycles. The first-order valence-corrected chi connectivity index (χ1v) is 7.91. The second-order valence-corrected chi connectivity index (χ2v) is 7.12. The number of rotatable bonds is 2. The van der Waals surface area contributed by atoms with Crippen LogP contribution in [-0.2, 0) is 0 Å². The Morgan fingerprint density at radius 1 is 1.15 bits per heavy atom. The smallest absolute Gasteiger partial charge is 0.128 e. The highest BCUT2D eigenvalue weighted by molar-refractivity contribution is 5.54. The summed E-state index contributed by atoms with van der Waals surface area (Å²) in [4.78, 5) is 0. The van der Waals surface area contributed by atoms with Gasteiger partial charge in [0.25, 0.3) is 0 Å². The molecule has 0 N–H and O–H groups in total. The lowest BCUT2D eigenvalue weighted by molar-refractivity contribution is -0.0187. The van der Waals surface area contributed by atoms with Crippen molar-refractivity contribution in [2.45, 2.75) is 39.0 Å². The summed E-state index contributed by atoms with van der Waals surface area (Å²) in [6, 6.07) is 6.43. The van der Waals surface area contributed by atoms with Gasteiger partial charge in [0.15, 0.2) is 0 Å². The maximum absolute atomic E-state index is 9.62. The van der Waals surface area contributed by atoms with Gasteiger partial charge in [0.2, 0.25) is 0 Å². The third kappa shape index (κ3) is 1.92. The van der Waals surface area contributed by atoms with Crippen LogP contribution in [0.2, 0.25) is 0 Å². The molecule has 0 saturated heterocycles. The van der Waals surface area contributed by atoms with Crippen molar-refractivity contribution in [1.29, 1.82) is 5.26 Å². The topological polar surface area (TPSA) is 36.9 Å². The van der Waals surface area contributed by atoms with Crippen LogP contribution >= 0.6 is 0 Å². The summed E-state index contributed by atoms with van der Waals surface area (Å²) in [5.41, 5.74) is 0.966. The number of hydrogen-bond donors (Lipinski definition) is 0. The van der Waals surface area contributed by atoms with Crippen molar-refractivity contribution in [3.8, 4) is 6.07 Å². The predicted molar refractivity (Wildman–Crippen MR) is 77.6 cm³/mol. The molecule has 1 aromatic heterocycles. The summed E-state index contributed by atoms with van der Waals surface area (Å²) in [6.45, 7) is 1.95. The Morgan fingerprint density at radius 3 is 2.30 bits per heavy atom. The van der Waals surface area contributed by atoms with Crippen molar-refractivity contribution in [3.63, 3.8) is 0 Å². The first kappa shape index (κ1) is 12.3. The van der Waals surface area contributed by atoms with Gasteiger partial charge in [-0.1, -0.05) is 0 Å². The highest BCUT2D eigenvalue weighted by Crippen LogP contribution is 2.58. The number of nitriles is 1. The molecule has 0 atom stereocenters. The molecule has 2 nitrogen and oxygen atoms in total. The lowest BCUT2D eigenvalue weighted by atomic mass is 9.50.